The molecule has 0 aliphatic carbocycles. The summed E-state index contributed by atoms with van der Waals surface area (Å²) in [6.07, 6.45) is 10.8. The van der Waals surface area contributed by atoms with Crippen LogP contribution in [0.15, 0.2) is 35.6 Å². The van der Waals surface area contributed by atoms with Crippen LogP contribution in [-0.4, -0.2) is 47.0 Å². The molecular formula is C15H15N7O2. The Bertz CT molecular complexity index is 843. The first-order valence-electron chi connectivity index (χ1n) is 7.71. The number of carbonyl (C=O) groups excluding carboxylic acids is 1. The van der Waals surface area contributed by atoms with Gasteiger partial charge in [0.1, 0.15) is 12.0 Å². The van der Waals surface area contributed by atoms with Crippen molar-refractivity contribution in [3.8, 4) is 17.4 Å². The van der Waals surface area contributed by atoms with Gasteiger partial charge in [-0.1, -0.05) is 5.16 Å². The lowest BCUT2D eigenvalue weighted by Crippen LogP contribution is -2.34. The van der Waals surface area contributed by atoms with Gasteiger partial charge in [0, 0.05) is 25.4 Å². The number of aromatic nitrogens is 6. The third-order valence-corrected chi connectivity index (χ3v) is 3.83. The van der Waals surface area contributed by atoms with E-state index in [1.54, 1.807) is 40.6 Å². The summed E-state index contributed by atoms with van der Waals surface area (Å²) in [6, 6.07) is 0. The Balaban J connectivity index is 1.54. The van der Waals surface area contributed by atoms with Gasteiger partial charge in [-0.3, -0.25) is 14.3 Å². The number of likely N-dealkylation sites (tertiary alicyclic amines) is 1. The molecule has 0 atom stereocenters. The van der Waals surface area contributed by atoms with E-state index in [-0.39, 0.29) is 11.8 Å². The van der Waals surface area contributed by atoms with Crippen molar-refractivity contribution in [3.63, 3.8) is 0 Å². The molecule has 4 rings (SSSR count). The third-order valence-electron chi connectivity index (χ3n) is 3.83. The van der Waals surface area contributed by atoms with E-state index in [1.165, 1.54) is 0 Å². The summed E-state index contributed by atoms with van der Waals surface area (Å²) < 4.78 is 7.01. The highest BCUT2D eigenvalue weighted by Gasteiger charge is 2.21. The van der Waals surface area contributed by atoms with E-state index in [0.717, 1.165) is 19.4 Å². The van der Waals surface area contributed by atoms with Gasteiger partial charge in [0.2, 0.25) is 5.91 Å². The van der Waals surface area contributed by atoms with Crippen LogP contribution in [0.1, 0.15) is 25.1 Å². The monoisotopic (exact) mass is 325 g/mol. The van der Waals surface area contributed by atoms with Crippen molar-refractivity contribution in [2.45, 2.75) is 25.8 Å². The second-order valence-corrected chi connectivity index (χ2v) is 5.52. The molecule has 1 aliphatic rings. The number of amides is 1. The molecule has 3 aromatic rings. The second kappa shape index (κ2) is 6.19. The molecule has 1 amide bonds. The van der Waals surface area contributed by atoms with Crippen LogP contribution in [-0.2, 0) is 11.3 Å². The fourth-order valence-corrected chi connectivity index (χ4v) is 2.60. The lowest BCUT2D eigenvalue weighted by atomic mass is 10.1. The first-order chi connectivity index (χ1) is 11.8. The molecule has 3 aromatic heterocycles. The van der Waals surface area contributed by atoms with Crippen molar-refractivity contribution < 1.29 is 9.32 Å². The minimum Gasteiger partial charge on any atom is -0.335 e. The molecule has 0 aromatic carbocycles. The topological polar surface area (TPSA) is 103 Å². The molecule has 0 N–H and O–H groups in total. The zero-order chi connectivity index (χ0) is 16.4. The van der Waals surface area contributed by atoms with E-state index in [4.69, 9.17) is 4.52 Å². The summed E-state index contributed by atoms with van der Waals surface area (Å²) >= 11 is 0. The van der Waals surface area contributed by atoms with E-state index in [2.05, 4.69) is 25.1 Å². The van der Waals surface area contributed by atoms with Crippen LogP contribution in [0.25, 0.3) is 17.4 Å². The molecule has 122 valence electrons. The molecule has 0 bridgehead atoms. The van der Waals surface area contributed by atoms with Gasteiger partial charge in [0.05, 0.1) is 18.9 Å². The Labute approximate surface area is 137 Å². The zero-order valence-electron chi connectivity index (χ0n) is 12.9. The molecule has 24 heavy (non-hydrogen) atoms. The number of hydrogen-bond donors (Lipinski definition) is 0. The van der Waals surface area contributed by atoms with E-state index in [1.807, 2.05) is 0 Å². The SMILES string of the molecule is O=C1CCCCN1Cc1noc(-c2cncc(-n3ccnc3)n2)n1. The first kappa shape index (κ1) is 14.5. The van der Waals surface area contributed by atoms with Crippen LogP contribution in [0.2, 0.25) is 0 Å². The minimum absolute atomic E-state index is 0.134. The van der Waals surface area contributed by atoms with Crippen LogP contribution in [0.5, 0.6) is 0 Å². The maximum Gasteiger partial charge on any atom is 0.278 e. The van der Waals surface area contributed by atoms with Crippen molar-refractivity contribution in [3.05, 3.63) is 36.9 Å². The smallest absolute Gasteiger partial charge is 0.278 e. The van der Waals surface area contributed by atoms with Gasteiger partial charge in [0.15, 0.2) is 11.6 Å². The Kier molecular flexibility index (Phi) is 3.73. The summed E-state index contributed by atoms with van der Waals surface area (Å²) in [5.41, 5.74) is 0.477. The number of piperidine rings is 1. The molecule has 9 heteroatoms. The lowest BCUT2D eigenvalue weighted by molar-refractivity contribution is -0.134. The summed E-state index contributed by atoms with van der Waals surface area (Å²) in [5.74, 6) is 1.49. The third kappa shape index (κ3) is 2.87. The normalized spacial score (nSPS) is 15.0. The van der Waals surface area contributed by atoms with E-state index in [0.29, 0.717) is 30.3 Å². The summed E-state index contributed by atoms with van der Waals surface area (Å²) in [6.45, 7) is 1.09. The zero-order valence-corrected chi connectivity index (χ0v) is 12.9. The quantitative estimate of drug-likeness (QED) is 0.710. The summed E-state index contributed by atoms with van der Waals surface area (Å²) in [7, 11) is 0. The highest BCUT2D eigenvalue weighted by atomic mass is 16.5. The molecule has 0 radical (unpaired) electrons. The number of hydrogen-bond acceptors (Lipinski definition) is 7. The van der Waals surface area contributed by atoms with Crippen LogP contribution < -0.4 is 0 Å². The van der Waals surface area contributed by atoms with Crippen LogP contribution in [0, 0.1) is 0 Å². The molecule has 1 aliphatic heterocycles. The van der Waals surface area contributed by atoms with Crippen molar-refractivity contribution >= 4 is 5.91 Å². The Morgan fingerprint density at radius 2 is 2.12 bits per heavy atom. The maximum atomic E-state index is 11.9. The molecule has 1 fully saturated rings. The van der Waals surface area contributed by atoms with Gasteiger partial charge in [-0.05, 0) is 12.8 Å². The molecular weight excluding hydrogens is 310 g/mol. The summed E-state index contributed by atoms with van der Waals surface area (Å²) in [5, 5.41) is 3.95. The van der Waals surface area contributed by atoms with E-state index < -0.39 is 0 Å². The number of imidazole rings is 1. The molecule has 9 nitrogen and oxygen atoms in total. The Hall–Kier alpha value is -3.10. The Morgan fingerprint density at radius 1 is 1.17 bits per heavy atom. The largest absolute Gasteiger partial charge is 0.335 e. The fraction of sp³-hybridized carbons (Fsp3) is 0.333. The highest BCUT2D eigenvalue weighted by Crippen LogP contribution is 2.17. The second-order valence-electron chi connectivity index (χ2n) is 5.52. The number of carbonyl (C=O) groups is 1. The minimum atomic E-state index is 0.134. The number of rotatable bonds is 4. The van der Waals surface area contributed by atoms with Gasteiger partial charge in [-0.2, -0.15) is 4.98 Å². The standard InChI is InChI=1S/C15H15N7O2/c23-14-3-1-2-5-21(14)9-12-19-15(24-20-12)11-7-17-8-13(18-11)22-6-4-16-10-22/h4,6-8,10H,1-3,5,9H2. The first-order valence-corrected chi connectivity index (χ1v) is 7.71. The van der Waals surface area contributed by atoms with Crippen molar-refractivity contribution in [2.24, 2.45) is 0 Å². The molecule has 4 heterocycles. The van der Waals surface area contributed by atoms with Gasteiger partial charge in [0.25, 0.3) is 5.89 Å². The predicted octanol–water partition coefficient (Wildman–Crippen LogP) is 1.22. The molecule has 0 saturated carbocycles. The van der Waals surface area contributed by atoms with Crippen molar-refractivity contribution in [1.29, 1.82) is 0 Å². The lowest BCUT2D eigenvalue weighted by Gasteiger charge is -2.25. The average molecular weight is 325 g/mol. The van der Waals surface area contributed by atoms with Crippen molar-refractivity contribution in [2.75, 3.05) is 6.54 Å². The molecule has 1 saturated heterocycles. The van der Waals surface area contributed by atoms with Gasteiger partial charge in [-0.25, -0.2) is 9.97 Å². The Morgan fingerprint density at radius 3 is 2.96 bits per heavy atom. The average Bonchev–Trinajstić information content (AvgIpc) is 3.29. The highest BCUT2D eigenvalue weighted by molar-refractivity contribution is 5.76. The fourth-order valence-electron chi connectivity index (χ4n) is 2.60. The van der Waals surface area contributed by atoms with Gasteiger partial charge in [-0.15, -0.1) is 0 Å². The van der Waals surface area contributed by atoms with Gasteiger partial charge >= 0.3 is 0 Å². The predicted molar refractivity (Wildman–Crippen MR) is 81.7 cm³/mol. The van der Waals surface area contributed by atoms with Gasteiger partial charge < -0.3 is 9.42 Å². The van der Waals surface area contributed by atoms with Crippen LogP contribution in [0.4, 0.5) is 0 Å². The van der Waals surface area contributed by atoms with E-state index in [9.17, 15) is 4.79 Å². The van der Waals surface area contributed by atoms with Crippen molar-refractivity contribution in [1.82, 2.24) is 34.6 Å². The maximum absolute atomic E-state index is 11.9. The van der Waals surface area contributed by atoms with Crippen LogP contribution >= 0.6 is 0 Å². The molecule has 0 spiro atoms. The summed E-state index contributed by atoms with van der Waals surface area (Å²) in [4.78, 5) is 30.5. The van der Waals surface area contributed by atoms with E-state index >= 15 is 0 Å². The molecule has 0 unspecified atom stereocenters. The van der Waals surface area contributed by atoms with Crippen LogP contribution in [0.3, 0.4) is 0 Å². The number of nitrogens with zero attached hydrogens (tertiary/aromatic N) is 7.